The van der Waals surface area contributed by atoms with Gasteiger partial charge in [0.15, 0.2) is 5.78 Å². The molecule has 3 aliphatic rings. The normalized spacial score (nSPS) is 21.9. The lowest BCUT2D eigenvalue weighted by Gasteiger charge is -2.35. The number of hydrogen-bond donors (Lipinski definition) is 2. The van der Waals surface area contributed by atoms with E-state index in [4.69, 9.17) is 9.47 Å². The summed E-state index contributed by atoms with van der Waals surface area (Å²) in [6.45, 7) is 3.15. The highest BCUT2D eigenvalue weighted by atomic mass is 32.2. The van der Waals surface area contributed by atoms with E-state index >= 15 is 0 Å². The molecule has 3 atom stereocenters. The highest BCUT2D eigenvalue weighted by molar-refractivity contribution is 7.89. The summed E-state index contributed by atoms with van der Waals surface area (Å²) < 4.78 is 79.8. The minimum Gasteiger partial charge on any atom is -0.462 e. The van der Waals surface area contributed by atoms with Gasteiger partial charge < -0.3 is 24.6 Å². The maximum absolute atomic E-state index is 14.0. The van der Waals surface area contributed by atoms with E-state index < -0.39 is 64.3 Å². The second kappa shape index (κ2) is 14.2. The molecular weight excluding hydrogens is 645 g/mol. The molecule has 1 saturated heterocycles. The average molecular weight is 685 g/mol. The van der Waals surface area contributed by atoms with E-state index in [-0.39, 0.29) is 47.8 Å². The summed E-state index contributed by atoms with van der Waals surface area (Å²) in [5.74, 6) is -3.05. The number of halogens is 3. The number of carbonyl (C=O) groups excluding carboxylic acids is 4. The first-order valence-corrected chi connectivity index (χ1v) is 16.7. The molecule has 1 aliphatic carbocycles. The van der Waals surface area contributed by atoms with E-state index in [9.17, 15) is 40.8 Å². The molecule has 0 bridgehead atoms. The Morgan fingerprint density at radius 3 is 2.47 bits per heavy atom. The first-order valence-electron chi connectivity index (χ1n) is 15.2. The standard InChI is InChI=1S/C31H39F3N4O8S/c1-19(2)45-27(40)25(17-30(26(39)24-6-5-14-35-24)12-9-22(10-13-30)46-29(42)37(3)4)36-47(43,44)23-8-7-20-11-15-38(18-21(20)16-23)28(41)31(32,33)34/h7-10,12,16,19,24-25,35-36H,5-6,11,13-15,17-18H2,1-4H3/t24-,25-,30?/m0/s1. The molecule has 1 fully saturated rings. The molecule has 0 aromatic heterocycles. The number of nitrogens with zero attached hydrogens (tertiary/aromatic N) is 2. The molecule has 47 heavy (non-hydrogen) atoms. The van der Waals surface area contributed by atoms with Crippen LogP contribution in [0.1, 0.15) is 50.7 Å². The summed E-state index contributed by atoms with van der Waals surface area (Å²) in [6, 6.07) is 1.79. The van der Waals surface area contributed by atoms with Gasteiger partial charge in [-0.2, -0.15) is 17.9 Å². The van der Waals surface area contributed by atoms with E-state index in [1.807, 2.05) is 0 Å². The third kappa shape index (κ3) is 8.59. The van der Waals surface area contributed by atoms with E-state index in [1.165, 1.54) is 55.4 Å². The number of amides is 2. The first-order chi connectivity index (χ1) is 21.9. The highest BCUT2D eigenvalue weighted by Crippen LogP contribution is 2.39. The van der Waals surface area contributed by atoms with Crippen molar-refractivity contribution < 1.29 is 50.2 Å². The average Bonchev–Trinajstić information content (AvgIpc) is 3.54. The van der Waals surface area contributed by atoms with Crippen LogP contribution in [-0.2, 0) is 46.8 Å². The Balaban J connectivity index is 1.64. The maximum Gasteiger partial charge on any atom is 0.471 e. The Bertz CT molecular complexity index is 1570. The van der Waals surface area contributed by atoms with Crippen LogP contribution in [0, 0.1) is 5.41 Å². The molecule has 0 radical (unpaired) electrons. The fourth-order valence-corrected chi connectivity index (χ4v) is 7.01. The Kier molecular flexibility index (Phi) is 10.9. The minimum atomic E-state index is -5.08. The van der Waals surface area contributed by atoms with Crippen LogP contribution >= 0.6 is 0 Å². The summed E-state index contributed by atoms with van der Waals surface area (Å²) in [4.78, 5) is 52.8. The van der Waals surface area contributed by atoms with E-state index in [2.05, 4.69) is 10.0 Å². The van der Waals surface area contributed by atoms with Crippen LogP contribution in [0.4, 0.5) is 18.0 Å². The summed E-state index contributed by atoms with van der Waals surface area (Å²) in [6.07, 6.45) is -0.824. The van der Waals surface area contributed by atoms with Crippen molar-refractivity contribution in [3.05, 3.63) is 53.3 Å². The number of allylic oxidation sites excluding steroid dienone is 3. The Morgan fingerprint density at radius 1 is 1.17 bits per heavy atom. The summed E-state index contributed by atoms with van der Waals surface area (Å²) in [5, 5.41) is 3.15. The molecule has 2 N–H and O–H groups in total. The molecule has 12 nitrogen and oxygen atoms in total. The van der Waals surface area contributed by atoms with E-state index in [0.717, 1.165) is 6.42 Å². The molecule has 258 valence electrons. The van der Waals surface area contributed by atoms with Crippen molar-refractivity contribution in [2.45, 2.75) is 81.8 Å². The molecule has 4 rings (SSSR count). The molecular formula is C31H39F3N4O8S. The largest absolute Gasteiger partial charge is 0.471 e. The summed E-state index contributed by atoms with van der Waals surface area (Å²) >= 11 is 0. The quantitative estimate of drug-likeness (QED) is 0.355. The molecule has 1 aromatic rings. The zero-order valence-electron chi connectivity index (χ0n) is 26.6. The topological polar surface area (TPSA) is 151 Å². The van der Waals surface area contributed by atoms with Gasteiger partial charge in [0.2, 0.25) is 10.0 Å². The van der Waals surface area contributed by atoms with Gasteiger partial charge in [0, 0.05) is 27.2 Å². The number of benzene rings is 1. The second-order valence-corrected chi connectivity index (χ2v) is 14.1. The van der Waals surface area contributed by atoms with Crippen LogP contribution in [0.15, 0.2) is 47.1 Å². The van der Waals surface area contributed by atoms with Crippen LogP contribution in [-0.4, -0.2) is 93.5 Å². The molecule has 16 heteroatoms. The van der Waals surface area contributed by atoms with Gasteiger partial charge in [-0.1, -0.05) is 12.1 Å². The number of ketones is 1. The first kappa shape index (κ1) is 36.1. The van der Waals surface area contributed by atoms with Gasteiger partial charge in [-0.3, -0.25) is 14.4 Å². The lowest BCUT2D eigenvalue weighted by molar-refractivity contribution is -0.186. The number of carbonyl (C=O) groups is 4. The van der Waals surface area contributed by atoms with Crippen LogP contribution in [0.5, 0.6) is 0 Å². The van der Waals surface area contributed by atoms with Gasteiger partial charge in [0.05, 0.1) is 22.5 Å². The predicted molar refractivity (Wildman–Crippen MR) is 162 cm³/mol. The molecule has 2 amide bonds. The van der Waals surface area contributed by atoms with Crippen molar-refractivity contribution >= 4 is 33.8 Å². The fraction of sp³-hybridized carbons (Fsp3) is 0.548. The number of nitrogens with one attached hydrogen (secondary N) is 2. The third-order valence-corrected chi connectivity index (χ3v) is 9.67. The number of rotatable bonds is 10. The molecule has 2 aliphatic heterocycles. The van der Waals surface area contributed by atoms with Gasteiger partial charge in [0.1, 0.15) is 11.8 Å². The zero-order valence-corrected chi connectivity index (χ0v) is 27.4. The predicted octanol–water partition coefficient (Wildman–Crippen LogP) is 2.97. The Hall–Kier alpha value is -3.76. The minimum absolute atomic E-state index is 0.00828. The smallest absolute Gasteiger partial charge is 0.462 e. The van der Waals surface area contributed by atoms with Crippen LogP contribution in [0.3, 0.4) is 0 Å². The van der Waals surface area contributed by atoms with Crippen LogP contribution in [0.25, 0.3) is 0 Å². The van der Waals surface area contributed by atoms with Gasteiger partial charge >= 0.3 is 24.1 Å². The highest BCUT2D eigenvalue weighted by Gasteiger charge is 2.46. The number of fused-ring (bicyclic) bond motifs is 1. The SMILES string of the molecule is CC(C)OC(=O)[C@H](CC1(C(=O)[C@@H]2CCCN2)C=CC(OC(=O)N(C)C)=CC1)NS(=O)(=O)c1ccc2c(c1)CN(C(=O)C(F)(F)F)CC2. The lowest BCUT2D eigenvalue weighted by Crippen LogP contribution is -2.50. The van der Waals surface area contributed by atoms with Gasteiger partial charge in [-0.25, -0.2) is 13.2 Å². The number of Topliss-reactive ketones (excluding diaryl/α,β-unsaturated/α-hetero) is 1. The summed E-state index contributed by atoms with van der Waals surface area (Å²) in [7, 11) is -1.50. The van der Waals surface area contributed by atoms with Gasteiger partial charge in [0.25, 0.3) is 0 Å². The van der Waals surface area contributed by atoms with Crippen molar-refractivity contribution in [1.82, 2.24) is 19.8 Å². The maximum atomic E-state index is 14.0. The zero-order chi connectivity index (χ0) is 34.7. The number of sulfonamides is 1. The van der Waals surface area contributed by atoms with Crippen molar-refractivity contribution in [3.8, 4) is 0 Å². The molecule has 0 spiro atoms. The number of ether oxygens (including phenoxy) is 2. The number of hydrogen-bond acceptors (Lipinski definition) is 9. The monoisotopic (exact) mass is 684 g/mol. The lowest BCUT2D eigenvalue weighted by atomic mass is 9.70. The molecule has 1 unspecified atom stereocenters. The van der Waals surface area contributed by atoms with E-state index in [0.29, 0.717) is 23.4 Å². The number of esters is 1. The number of alkyl halides is 3. The Morgan fingerprint density at radius 2 is 1.89 bits per heavy atom. The molecule has 1 aromatic carbocycles. The van der Waals surface area contributed by atoms with Crippen molar-refractivity contribution in [2.24, 2.45) is 5.41 Å². The van der Waals surface area contributed by atoms with Gasteiger partial charge in [-0.05, 0) is 87.9 Å². The summed E-state index contributed by atoms with van der Waals surface area (Å²) in [5.41, 5.74) is -0.588. The third-order valence-electron chi connectivity index (χ3n) is 8.20. The van der Waals surface area contributed by atoms with Crippen molar-refractivity contribution in [2.75, 3.05) is 27.2 Å². The van der Waals surface area contributed by atoms with Crippen LogP contribution in [0.2, 0.25) is 0 Å². The van der Waals surface area contributed by atoms with Crippen molar-refractivity contribution in [3.63, 3.8) is 0 Å². The Labute approximate surface area is 271 Å². The van der Waals surface area contributed by atoms with E-state index in [1.54, 1.807) is 13.8 Å². The molecule has 2 heterocycles. The van der Waals surface area contributed by atoms with Crippen molar-refractivity contribution in [1.29, 1.82) is 0 Å². The molecule has 0 saturated carbocycles. The second-order valence-electron chi connectivity index (χ2n) is 12.3. The van der Waals surface area contributed by atoms with Gasteiger partial charge in [-0.15, -0.1) is 0 Å². The van der Waals surface area contributed by atoms with Crippen LogP contribution < -0.4 is 10.0 Å². The fourth-order valence-electron chi connectivity index (χ4n) is 5.78.